The Morgan fingerprint density at radius 2 is 1.46 bits per heavy atom. The van der Waals surface area contributed by atoms with E-state index < -0.39 is 149 Å². The average Bonchev–Trinajstić information content (AvgIpc) is 3.57. The van der Waals surface area contributed by atoms with Crippen LogP contribution >= 0.6 is 8.60 Å². The molecule has 6 unspecified atom stereocenters. The third-order valence-corrected chi connectivity index (χ3v) is 12.3. The number of hydrogen-bond acceptors (Lipinski definition) is 20. The van der Waals surface area contributed by atoms with Gasteiger partial charge in [-0.1, -0.05) is 64.2 Å². The maximum Gasteiger partial charge on any atom is 0.364 e. The van der Waals surface area contributed by atoms with Crippen LogP contribution in [-0.4, -0.2) is 176 Å². The number of ether oxygens (including phenoxy) is 2. The predicted octanol–water partition coefficient (Wildman–Crippen LogP) is -2.16. The number of amides is 3. The van der Waals surface area contributed by atoms with E-state index in [1.54, 1.807) is 0 Å². The fraction of sp³-hybridized carbons (Fsp3) is 0.756. The molecule has 3 rings (SSSR count). The Balaban J connectivity index is 1.45. The number of nitrogens with one attached hydrogen (secondary N) is 3. The van der Waals surface area contributed by atoms with Crippen molar-refractivity contribution in [1.29, 1.82) is 0 Å². The third kappa shape index (κ3) is 19.3. The smallest absolute Gasteiger partial charge is 0.364 e. The molecule has 0 aromatic carbocycles. The van der Waals surface area contributed by atoms with Crippen molar-refractivity contribution >= 4 is 50.0 Å². The molecule has 0 aliphatic carbocycles. The molecule has 2 aliphatic rings. The monoisotopic (exact) mass is 1010 g/mol. The molecule has 69 heavy (non-hydrogen) atoms. The summed E-state index contributed by atoms with van der Waals surface area (Å²) in [7, 11) is -3.35. The van der Waals surface area contributed by atoms with Crippen LogP contribution in [-0.2, 0) is 47.3 Å². The summed E-state index contributed by atoms with van der Waals surface area (Å²) in [5.41, 5.74) is 4.54. The molecule has 27 nitrogen and oxygen atoms in total. The number of aliphatic hydroxyl groups is 6. The third-order valence-electron chi connectivity index (χ3n) is 11.5. The number of carboxylic acid groups (broad SMARTS) is 3. The van der Waals surface area contributed by atoms with Crippen molar-refractivity contribution in [3.05, 3.63) is 22.7 Å². The molecule has 3 heterocycles. The minimum absolute atomic E-state index is 0.0812. The zero-order chi connectivity index (χ0) is 51.3. The van der Waals surface area contributed by atoms with Gasteiger partial charge >= 0.3 is 32.2 Å². The zero-order valence-electron chi connectivity index (χ0n) is 38.0. The van der Waals surface area contributed by atoms with E-state index in [2.05, 4.69) is 20.9 Å². The van der Waals surface area contributed by atoms with Crippen molar-refractivity contribution in [1.82, 2.24) is 25.5 Å². The Labute approximate surface area is 397 Å². The molecule has 1 aromatic rings. The van der Waals surface area contributed by atoms with Crippen molar-refractivity contribution in [2.45, 2.75) is 176 Å². The number of aromatic nitrogens is 2. The predicted molar refractivity (Wildman–Crippen MR) is 236 cm³/mol. The highest BCUT2D eigenvalue weighted by Crippen LogP contribution is 2.45. The van der Waals surface area contributed by atoms with E-state index in [1.807, 2.05) is 0 Å². The number of hydrogen-bond donors (Lipinski definition) is 14. The first-order chi connectivity index (χ1) is 32.7. The Morgan fingerprint density at radius 1 is 0.870 bits per heavy atom. The fourth-order valence-electron chi connectivity index (χ4n) is 7.62. The normalized spacial score (nSPS) is 25.2. The standard InChI is InChI=1S/C41H67N6O21P/c42-27-17-18-47(40(63)45-27)37-35(58)34(57)26(66-37)22-65-69(64)68-41(39(61)62)19-24(49)32(36(67-41)33(56)25(50)21-48)46-30(53)20-43-28(51)16-15-23(38(59)60)44-29(52)13-11-9-7-5-3-1-2-4-6-8-10-12-14-31(54)55/h17-18,23-26,32-37,48-50,56-58,64H,1-16,19-22H2,(H,43,51)(H,44,52)(H,46,53)(H,54,55)(H,59,60)(H,61,62)(H2,42,45,63)/t23-,24?,25+,26+,32+,33?,34?,35?,36?,37+,41+,69?/m0/s1. The summed E-state index contributed by atoms with van der Waals surface area (Å²) in [5, 5.41) is 98.1. The lowest BCUT2D eigenvalue weighted by molar-refractivity contribution is -0.286. The second kappa shape index (κ2) is 29.6. The summed E-state index contributed by atoms with van der Waals surface area (Å²) < 4.78 is 22.2. The Kier molecular flexibility index (Phi) is 25.2. The molecule has 0 bridgehead atoms. The van der Waals surface area contributed by atoms with E-state index in [0.717, 1.165) is 75.0 Å². The topological polar surface area (TPSA) is 439 Å². The molecule has 28 heteroatoms. The van der Waals surface area contributed by atoms with Gasteiger partial charge in [0.2, 0.25) is 17.7 Å². The number of nitrogens with zero attached hydrogens (tertiary/aromatic N) is 2. The van der Waals surface area contributed by atoms with E-state index >= 15 is 0 Å². The van der Waals surface area contributed by atoms with Gasteiger partial charge in [-0.2, -0.15) is 4.98 Å². The van der Waals surface area contributed by atoms with Gasteiger partial charge in [0.05, 0.1) is 31.9 Å². The number of aliphatic hydroxyl groups excluding tert-OH is 6. The highest BCUT2D eigenvalue weighted by atomic mass is 31.2. The van der Waals surface area contributed by atoms with Gasteiger partial charge in [-0.15, -0.1) is 0 Å². The molecule has 0 spiro atoms. The van der Waals surface area contributed by atoms with Crippen molar-refractivity contribution in [2.24, 2.45) is 0 Å². The van der Waals surface area contributed by atoms with Gasteiger partial charge in [-0.3, -0.25) is 28.3 Å². The van der Waals surface area contributed by atoms with Crippen LogP contribution in [0.4, 0.5) is 5.82 Å². The molecular weight excluding hydrogens is 943 g/mol. The number of carboxylic acids is 3. The second-order valence-corrected chi connectivity index (χ2v) is 17.8. The highest BCUT2D eigenvalue weighted by molar-refractivity contribution is 7.40. The van der Waals surface area contributed by atoms with Crippen LogP contribution in [0.1, 0.15) is 115 Å². The van der Waals surface area contributed by atoms with Gasteiger partial charge in [-0.05, 0) is 25.3 Å². The van der Waals surface area contributed by atoms with E-state index in [-0.39, 0.29) is 25.1 Å². The quantitative estimate of drug-likeness (QED) is 0.0263. The van der Waals surface area contributed by atoms with E-state index in [1.165, 1.54) is 6.07 Å². The number of aliphatic carboxylic acids is 3. The van der Waals surface area contributed by atoms with Gasteiger partial charge in [0.15, 0.2) is 6.23 Å². The lowest BCUT2D eigenvalue weighted by atomic mass is 9.88. The Bertz CT molecular complexity index is 1880. The van der Waals surface area contributed by atoms with Crippen molar-refractivity contribution in [3.8, 4) is 0 Å². The first-order valence-corrected chi connectivity index (χ1v) is 23.9. The maximum atomic E-state index is 13.0. The summed E-state index contributed by atoms with van der Waals surface area (Å²) in [6, 6.07) is -1.97. The SMILES string of the molecule is Nc1ccn([C@@H]2O[C@H](COP(O)O[C@@]3(C(=O)O)CC(O)[C@@H](NC(=O)CNC(=O)CC[C@H](NC(=O)CCCCCCCCCCCCCCC(=O)O)C(=O)O)C(C(O)[C@H](O)CO)O3)C(O)C2O)c(=O)n1. The number of rotatable bonds is 33. The molecule has 2 saturated heterocycles. The molecule has 3 amide bonds. The van der Waals surface area contributed by atoms with Crippen molar-refractivity contribution in [2.75, 3.05) is 25.5 Å². The number of unbranched alkanes of at least 4 members (excludes halogenated alkanes) is 11. The molecule has 1 aromatic heterocycles. The molecular formula is C41H67N6O21P. The minimum Gasteiger partial charge on any atom is -0.481 e. The Morgan fingerprint density at radius 3 is 2.01 bits per heavy atom. The summed E-state index contributed by atoms with van der Waals surface area (Å²) in [6.45, 7) is -2.72. The van der Waals surface area contributed by atoms with Crippen molar-refractivity contribution < 1.29 is 98.1 Å². The number of nitrogens with two attached hydrogens (primary N) is 1. The fourth-order valence-corrected chi connectivity index (χ4v) is 8.40. The summed E-state index contributed by atoms with van der Waals surface area (Å²) in [4.78, 5) is 99.5. The van der Waals surface area contributed by atoms with Gasteiger partial charge in [0.1, 0.15) is 48.5 Å². The van der Waals surface area contributed by atoms with E-state index in [9.17, 15) is 79.3 Å². The lowest BCUT2D eigenvalue weighted by Crippen LogP contribution is -2.68. The number of anilines is 1. The second-order valence-electron chi connectivity index (χ2n) is 16.9. The van der Waals surface area contributed by atoms with Crippen LogP contribution in [0.15, 0.2) is 17.1 Å². The number of nitrogen functional groups attached to an aromatic ring is 1. The molecule has 392 valence electrons. The molecule has 2 aliphatic heterocycles. The van der Waals surface area contributed by atoms with Crippen LogP contribution in [0.3, 0.4) is 0 Å². The molecule has 2 fully saturated rings. The van der Waals surface area contributed by atoms with Crippen LogP contribution in [0.25, 0.3) is 0 Å². The average molecular weight is 1010 g/mol. The first kappa shape index (κ1) is 58.8. The molecule has 0 saturated carbocycles. The number of carbonyl (C=O) groups is 6. The summed E-state index contributed by atoms with van der Waals surface area (Å²) in [5.74, 6) is -9.75. The maximum absolute atomic E-state index is 13.0. The minimum atomic E-state index is -3.35. The highest BCUT2D eigenvalue weighted by Gasteiger charge is 2.57. The Hall–Kier alpha value is -4.51. The summed E-state index contributed by atoms with van der Waals surface area (Å²) in [6.07, 6.45) is -3.94. The summed E-state index contributed by atoms with van der Waals surface area (Å²) >= 11 is 0. The first-order valence-electron chi connectivity index (χ1n) is 22.7. The van der Waals surface area contributed by atoms with Crippen LogP contribution in [0.2, 0.25) is 0 Å². The van der Waals surface area contributed by atoms with Crippen LogP contribution in [0, 0.1) is 0 Å². The van der Waals surface area contributed by atoms with Crippen molar-refractivity contribution in [3.63, 3.8) is 0 Å². The molecule has 0 radical (unpaired) electrons. The van der Waals surface area contributed by atoms with Gasteiger partial charge in [0, 0.05) is 31.9 Å². The van der Waals surface area contributed by atoms with E-state index in [0.29, 0.717) is 12.8 Å². The van der Waals surface area contributed by atoms with Gasteiger partial charge in [-0.25, -0.2) is 14.4 Å². The number of carbonyl (C=O) groups excluding carboxylic acids is 3. The lowest BCUT2D eigenvalue weighted by Gasteiger charge is -2.46. The van der Waals surface area contributed by atoms with Gasteiger partial charge in [0.25, 0.3) is 5.79 Å². The largest absolute Gasteiger partial charge is 0.481 e. The van der Waals surface area contributed by atoms with Gasteiger partial charge < -0.3 is 86.5 Å². The van der Waals surface area contributed by atoms with E-state index in [4.69, 9.17) is 29.4 Å². The molecule has 15 N–H and O–H groups in total. The zero-order valence-corrected chi connectivity index (χ0v) is 38.8. The van der Waals surface area contributed by atoms with Crippen LogP contribution < -0.4 is 27.4 Å². The molecule has 12 atom stereocenters. The van der Waals surface area contributed by atoms with Crippen LogP contribution in [0.5, 0.6) is 0 Å².